The third kappa shape index (κ3) is 2.61. The molecule has 2 aromatic carbocycles. The Hall–Kier alpha value is -2.01. The second-order valence-corrected chi connectivity index (χ2v) is 6.03. The first kappa shape index (κ1) is 13.9. The maximum absolute atomic E-state index is 12.7. The molecule has 1 aliphatic heterocycles. The summed E-state index contributed by atoms with van der Waals surface area (Å²) in [5, 5.41) is 9.94. The molecular formula is C16H15BrN2O2. The molecule has 0 saturated heterocycles. The van der Waals surface area contributed by atoms with Crippen LogP contribution in [0.4, 0.5) is 11.4 Å². The van der Waals surface area contributed by atoms with Crippen molar-refractivity contribution >= 4 is 33.2 Å². The lowest BCUT2D eigenvalue weighted by Crippen LogP contribution is -2.35. The Kier molecular flexibility index (Phi) is 3.59. The van der Waals surface area contributed by atoms with Gasteiger partial charge in [0, 0.05) is 22.4 Å². The summed E-state index contributed by atoms with van der Waals surface area (Å²) in [4.78, 5) is 14.4. The van der Waals surface area contributed by atoms with Crippen molar-refractivity contribution in [1.82, 2.24) is 0 Å². The lowest BCUT2D eigenvalue weighted by Gasteiger charge is -2.30. The van der Waals surface area contributed by atoms with Gasteiger partial charge in [0.15, 0.2) is 0 Å². The molecule has 0 unspecified atom stereocenters. The fraction of sp³-hybridized carbons (Fsp3) is 0.188. The van der Waals surface area contributed by atoms with Gasteiger partial charge in [-0.3, -0.25) is 4.79 Å². The number of phenols is 1. The highest BCUT2D eigenvalue weighted by Crippen LogP contribution is 2.32. The number of carbonyl (C=O) groups excluding carboxylic acids is 1. The number of phenolic OH excluding ortho intramolecular Hbond substituents is 1. The molecule has 3 N–H and O–H groups in total. The molecule has 0 aliphatic carbocycles. The molecule has 0 fully saturated rings. The molecule has 1 aliphatic rings. The van der Waals surface area contributed by atoms with E-state index in [1.165, 1.54) is 6.07 Å². The SMILES string of the molecule is Nc1ccc2c(c1)CCCN2C(=O)c1cc(Br)ccc1O. The van der Waals surface area contributed by atoms with E-state index in [-0.39, 0.29) is 11.7 Å². The van der Waals surface area contributed by atoms with Crippen LogP contribution in [0, 0.1) is 0 Å². The highest BCUT2D eigenvalue weighted by molar-refractivity contribution is 9.10. The van der Waals surface area contributed by atoms with Crippen LogP contribution in [-0.4, -0.2) is 17.6 Å². The first-order chi connectivity index (χ1) is 10.1. The van der Waals surface area contributed by atoms with Crippen molar-refractivity contribution in [3.63, 3.8) is 0 Å². The van der Waals surface area contributed by atoms with E-state index in [0.717, 1.165) is 28.6 Å². The van der Waals surface area contributed by atoms with Crippen LogP contribution < -0.4 is 10.6 Å². The van der Waals surface area contributed by atoms with Gasteiger partial charge in [0.05, 0.1) is 5.56 Å². The van der Waals surface area contributed by atoms with E-state index in [1.807, 2.05) is 12.1 Å². The molecule has 3 rings (SSSR count). The fourth-order valence-electron chi connectivity index (χ4n) is 2.65. The first-order valence-corrected chi connectivity index (χ1v) is 7.54. The minimum absolute atomic E-state index is 0.00855. The minimum atomic E-state index is -0.195. The van der Waals surface area contributed by atoms with Gasteiger partial charge < -0.3 is 15.7 Å². The van der Waals surface area contributed by atoms with Gasteiger partial charge in [-0.05, 0) is 54.8 Å². The third-order valence-corrected chi connectivity index (χ3v) is 4.15. The van der Waals surface area contributed by atoms with Gasteiger partial charge in [0.25, 0.3) is 5.91 Å². The topological polar surface area (TPSA) is 66.6 Å². The van der Waals surface area contributed by atoms with Gasteiger partial charge in [-0.25, -0.2) is 0 Å². The predicted octanol–water partition coefficient (Wildman–Crippen LogP) is 3.33. The van der Waals surface area contributed by atoms with Crippen LogP contribution in [-0.2, 0) is 6.42 Å². The zero-order chi connectivity index (χ0) is 15.0. The van der Waals surface area contributed by atoms with Crippen LogP contribution in [0.25, 0.3) is 0 Å². The van der Waals surface area contributed by atoms with Crippen LogP contribution in [0.1, 0.15) is 22.3 Å². The van der Waals surface area contributed by atoms with Crippen molar-refractivity contribution in [2.45, 2.75) is 12.8 Å². The van der Waals surface area contributed by atoms with Crippen molar-refractivity contribution in [2.24, 2.45) is 0 Å². The number of hydrogen-bond acceptors (Lipinski definition) is 3. The molecule has 0 saturated carbocycles. The smallest absolute Gasteiger partial charge is 0.262 e. The summed E-state index contributed by atoms with van der Waals surface area (Å²) in [5.41, 5.74) is 8.76. The second-order valence-electron chi connectivity index (χ2n) is 5.11. The van der Waals surface area contributed by atoms with Crippen LogP contribution in [0.5, 0.6) is 5.75 Å². The number of rotatable bonds is 1. The third-order valence-electron chi connectivity index (χ3n) is 3.66. The summed E-state index contributed by atoms with van der Waals surface area (Å²) in [7, 11) is 0. The molecule has 0 bridgehead atoms. The van der Waals surface area contributed by atoms with Crippen LogP contribution >= 0.6 is 15.9 Å². The Labute approximate surface area is 131 Å². The number of aryl methyl sites for hydroxylation is 1. The average molecular weight is 347 g/mol. The van der Waals surface area contributed by atoms with Crippen LogP contribution in [0.15, 0.2) is 40.9 Å². The molecule has 108 valence electrons. The number of nitrogen functional groups attached to an aromatic ring is 1. The van der Waals surface area contributed by atoms with E-state index in [1.54, 1.807) is 23.1 Å². The number of halogens is 1. The molecule has 4 nitrogen and oxygen atoms in total. The monoisotopic (exact) mass is 346 g/mol. The van der Waals surface area contributed by atoms with Gasteiger partial charge in [0.2, 0.25) is 0 Å². The Morgan fingerprint density at radius 1 is 1.24 bits per heavy atom. The van der Waals surface area contributed by atoms with E-state index in [2.05, 4.69) is 15.9 Å². The lowest BCUT2D eigenvalue weighted by atomic mass is 10.00. The number of amides is 1. The van der Waals surface area contributed by atoms with Crippen LogP contribution in [0.2, 0.25) is 0 Å². The highest BCUT2D eigenvalue weighted by Gasteiger charge is 2.25. The number of hydrogen-bond donors (Lipinski definition) is 2. The zero-order valence-corrected chi connectivity index (χ0v) is 12.9. The summed E-state index contributed by atoms with van der Waals surface area (Å²) < 4.78 is 0.762. The van der Waals surface area contributed by atoms with Crippen molar-refractivity contribution in [3.05, 3.63) is 52.0 Å². The Bertz CT molecular complexity index is 715. The number of nitrogens with two attached hydrogens (primary N) is 1. The molecular weight excluding hydrogens is 332 g/mol. The van der Waals surface area contributed by atoms with Gasteiger partial charge in [-0.1, -0.05) is 15.9 Å². The van der Waals surface area contributed by atoms with Gasteiger partial charge in [-0.15, -0.1) is 0 Å². The van der Waals surface area contributed by atoms with E-state index < -0.39 is 0 Å². The van der Waals surface area contributed by atoms with Gasteiger partial charge in [-0.2, -0.15) is 0 Å². The molecule has 0 aromatic heterocycles. The minimum Gasteiger partial charge on any atom is -0.507 e. The lowest BCUT2D eigenvalue weighted by molar-refractivity contribution is 0.0982. The summed E-state index contributed by atoms with van der Waals surface area (Å²) in [6, 6.07) is 10.4. The highest BCUT2D eigenvalue weighted by atomic mass is 79.9. The molecule has 2 aromatic rings. The summed E-state index contributed by atoms with van der Waals surface area (Å²) in [6.45, 7) is 0.641. The van der Waals surface area contributed by atoms with Crippen molar-refractivity contribution in [3.8, 4) is 5.75 Å². The molecule has 21 heavy (non-hydrogen) atoms. The van der Waals surface area contributed by atoms with Crippen molar-refractivity contribution < 1.29 is 9.90 Å². The van der Waals surface area contributed by atoms with E-state index in [4.69, 9.17) is 5.73 Å². The second kappa shape index (κ2) is 5.41. The molecule has 1 amide bonds. The predicted molar refractivity (Wildman–Crippen MR) is 86.7 cm³/mol. The largest absolute Gasteiger partial charge is 0.507 e. The number of benzene rings is 2. The quantitative estimate of drug-likeness (QED) is 0.778. The molecule has 1 heterocycles. The number of nitrogens with zero attached hydrogens (tertiary/aromatic N) is 1. The molecule has 5 heteroatoms. The molecule has 0 radical (unpaired) electrons. The maximum Gasteiger partial charge on any atom is 0.262 e. The normalized spacial score (nSPS) is 13.9. The van der Waals surface area contributed by atoms with Crippen LogP contribution in [0.3, 0.4) is 0 Å². The van der Waals surface area contributed by atoms with Crippen molar-refractivity contribution in [2.75, 3.05) is 17.2 Å². The number of carbonyl (C=O) groups is 1. The molecule has 0 atom stereocenters. The summed E-state index contributed by atoms with van der Waals surface area (Å²) >= 11 is 3.33. The number of anilines is 2. The van der Waals surface area contributed by atoms with Crippen molar-refractivity contribution in [1.29, 1.82) is 0 Å². The van der Waals surface area contributed by atoms with E-state index in [9.17, 15) is 9.90 Å². The number of aromatic hydroxyl groups is 1. The summed E-state index contributed by atoms with van der Waals surface area (Å²) in [5.74, 6) is -0.203. The number of fused-ring (bicyclic) bond motifs is 1. The summed E-state index contributed by atoms with van der Waals surface area (Å²) in [6.07, 6.45) is 1.80. The van der Waals surface area contributed by atoms with E-state index in [0.29, 0.717) is 17.8 Å². The molecule has 0 spiro atoms. The van der Waals surface area contributed by atoms with E-state index >= 15 is 0 Å². The van der Waals surface area contributed by atoms with Gasteiger partial charge >= 0.3 is 0 Å². The van der Waals surface area contributed by atoms with Gasteiger partial charge in [0.1, 0.15) is 5.75 Å². The zero-order valence-electron chi connectivity index (χ0n) is 11.3. The fourth-order valence-corrected chi connectivity index (χ4v) is 3.01. The Balaban J connectivity index is 2.02. The first-order valence-electron chi connectivity index (χ1n) is 6.75. The average Bonchev–Trinajstić information content (AvgIpc) is 2.48. The Morgan fingerprint density at radius 3 is 2.86 bits per heavy atom. The standard InChI is InChI=1S/C16H15BrN2O2/c17-11-3-6-15(20)13(9-11)16(21)19-7-1-2-10-8-12(18)4-5-14(10)19/h3-6,8-9,20H,1-2,7,18H2. The maximum atomic E-state index is 12.7. The Morgan fingerprint density at radius 2 is 2.05 bits per heavy atom.